The molecular weight excluding hydrogens is 290 g/mol. The Bertz CT molecular complexity index is 559. The first-order chi connectivity index (χ1) is 11.3. The smallest absolute Gasteiger partial charge is 0.251 e. The van der Waals surface area contributed by atoms with Crippen molar-refractivity contribution in [3.05, 3.63) is 71.8 Å². The first-order valence-electron chi connectivity index (χ1n) is 7.64. The summed E-state index contributed by atoms with van der Waals surface area (Å²) in [6.45, 7) is 2.39. The van der Waals surface area contributed by atoms with Crippen molar-refractivity contribution in [2.75, 3.05) is 26.2 Å². The minimum absolute atomic E-state index is 0.0789. The molecule has 0 radical (unpaired) electrons. The van der Waals surface area contributed by atoms with Gasteiger partial charge in [-0.2, -0.15) is 0 Å². The summed E-state index contributed by atoms with van der Waals surface area (Å²) in [4.78, 5) is 23.6. The lowest BCUT2D eigenvalue weighted by atomic mass is 10.2. The van der Waals surface area contributed by atoms with E-state index in [2.05, 4.69) is 16.0 Å². The van der Waals surface area contributed by atoms with E-state index in [1.807, 2.05) is 36.4 Å². The van der Waals surface area contributed by atoms with Crippen molar-refractivity contribution in [3.8, 4) is 0 Å². The third-order valence-electron chi connectivity index (χ3n) is 3.25. The Hall–Kier alpha value is -2.66. The van der Waals surface area contributed by atoms with E-state index in [9.17, 15) is 9.59 Å². The lowest BCUT2D eigenvalue weighted by molar-refractivity contribution is 0.0948. The van der Waals surface area contributed by atoms with E-state index < -0.39 is 0 Å². The number of nitrogens with one attached hydrogen (secondary N) is 3. The molecule has 2 rings (SSSR count). The molecule has 0 bridgehead atoms. The van der Waals surface area contributed by atoms with Gasteiger partial charge >= 0.3 is 0 Å². The molecular formula is C18H21N3O2. The Labute approximate surface area is 136 Å². The average molecular weight is 311 g/mol. The summed E-state index contributed by atoms with van der Waals surface area (Å²) in [5.74, 6) is -0.158. The minimum atomic E-state index is -0.0789. The van der Waals surface area contributed by atoms with Crippen LogP contribution < -0.4 is 16.0 Å². The maximum atomic E-state index is 11.8. The highest BCUT2D eigenvalue weighted by molar-refractivity contribution is 5.94. The van der Waals surface area contributed by atoms with Crippen molar-refractivity contribution in [3.63, 3.8) is 0 Å². The SMILES string of the molecule is O=C(NCCNCCNC(=O)c1ccccc1)c1ccccc1. The normalized spacial score (nSPS) is 10.1. The van der Waals surface area contributed by atoms with Crippen molar-refractivity contribution < 1.29 is 9.59 Å². The second kappa shape index (κ2) is 9.38. The van der Waals surface area contributed by atoms with Crippen LogP contribution in [-0.2, 0) is 0 Å². The van der Waals surface area contributed by atoms with Gasteiger partial charge in [-0.25, -0.2) is 0 Å². The van der Waals surface area contributed by atoms with Crippen LogP contribution in [0.5, 0.6) is 0 Å². The van der Waals surface area contributed by atoms with Gasteiger partial charge in [-0.05, 0) is 24.3 Å². The molecule has 0 aromatic heterocycles. The Balaban J connectivity index is 1.53. The molecule has 23 heavy (non-hydrogen) atoms. The molecule has 5 nitrogen and oxygen atoms in total. The van der Waals surface area contributed by atoms with Crippen molar-refractivity contribution in [2.45, 2.75) is 0 Å². The zero-order chi connectivity index (χ0) is 16.3. The van der Waals surface area contributed by atoms with E-state index in [1.165, 1.54) is 0 Å². The molecule has 3 N–H and O–H groups in total. The predicted octanol–water partition coefficient (Wildman–Crippen LogP) is 1.44. The second-order valence-corrected chi connectivity index (χ2v) is 4.99. The Morgan fingerprint density at radius 2 is 1.00 bits per heavy atom. The van der Waals surface area contributed by atoms with E-state index in [-0.39, 0.29) is 11.8 Å². The van der Waals surface area contributed by atoms with Gasteiger partial charge in [0.2, 0.25) is 0 Å². The van der Waals surface area contributed by atoms with Gasteiger partial charge in [0.25, 0.3) is 11.8 Å². The van der Waals surface area contributed by atoms with Crippen LogP contribution in [0.3, 0.4) is 0 Å². The lowest BCUT2D eigenvalue weighted by Crippen LogP contribution is -2.36. The maximum Gasteiger partial charge on any atom is 0.251 e. The summed E-state index contributed by atoms with van der Waals surface area (Å²) in [6, 6.07) is 18.2. The number of benzene rings is 2. The molecule has 5 heteroatoms. The second-order valence-electron chi connectivity index (χ2n) is 4.99. The first kappa shape index (κ1) is 16.7. The van der Waals surface area contributed by atoms with Gasteiger partial charge < -0.3 is 16.0 Å². The largest absolute Gasteiger partial charge is 0.351 e. The lowest BCUT2D eigenvalue weighted by Gasteiger charge is -2.08. The van der Waals surface area contributed by atoms with E-state index in [1.54, 1.807) is 24.3 Å². The van der Waals surface area contributed by atoms with Crippen LogP contribution >= 0.6 is 0 Å². The summed E-state index contributed by atoms with van der Waals surface area (Å²) in [7, 11) is 0. The molecule has 0 saturated carbocycles. The van der Waals surface area contributed by atoms with Crippen LogP contribution in [0.1, 0.15) is 20.7 Å². The minimum Gasteiger partial charge on any atom is -0.351 e. The van der Waals surface area contributed by atoms with Gasteiger partial charge in [0.05, 0.1) is 0 Å². The third-order valence-corrected chi connectivity index (χ3v) is 3.25. The Morgan fingerprint density at radius 1 is 0.609 bits per heavy atom. The number of rotatable bonds is 8. The van der Waals surface area contributed by atoms with Crippen LogP contribution in [0.15, 0.2) is 60.7 Å². The molecule has 0 spiro atoms. The standard InChI is InChI=1S/C18H21N3O2/c22-17(15-7-3-1-4-8-15)20-13-11-19-12-14-21-18(23)16-9-5-2-6-10-16/h1-10,19H,11-14H2,(H,20,22)(H,21,23). The molecule has 2 aromatic rings. The number of carbonyl (C=O) groups excluding carboxylic acids is 2. The molecule has 2 aromatic carbocycles. The Morgan fingerprint density at radius 3 is 1.39 bits per heavy atom. The van der Waals surface area contributed by atoms with Gasteiger partial charge in [0.1, 0.15) is 0 Å². The van der Waals surface area contributed by atoms with E-state index in [0.717, 1.165) is 0 Å². The Kier molecular flexibility index (Phi) is 6.81. The van der Waals surface area contributed by atoms with Crippen molar-refractivity contribution in [1.82, 2.24) is 16.0 Å². The summed E-state index contributed by atoms with van der Waals surface area (Å²) in [5, 5.41) is 8.84. The third kappa shape index (κ3) is 5.92. The molecule has 0 heterocycles. The van der Waals surface area contributed by atoms with E-state index in [4.69, 9.17) is 0 Å². The number of carbonyl (C=O) groups is 2. The van der Waals surface area contributed by atoms with Crippen LogP contribution in [0.4, 0.5) is 0 Å². The number of hydrogen-bond acceptors (Lipinski definition) is 3. The molecule has 0 aliphatic carbocycles. The maximum absolute atomic E-state index is 11.8. The molecule has 0 unspecified atom stereocenters. The fourth-order valence-corrected chi connectivity index (χ4v) is 2.04. The number of hydrogen-bond donors (Lipinski definition) is 3. The van der Waals surface area contributed by atoms with Gasteiger partial charge in [0, 0.05) is 37.3 Å². The van der Waals surface area contributed by atoms with Gasteiger partial charge in [-0.3, -0.25) is 9.59 Å². The molecule has 0 fully saturated rings. The van der Waals surface area contributed by atoms with Crippen LogP contribution in [0.25, 0.3) is 0 Å². The number of amides is 2. The summed E-state index contributed by atoms with van der Waals surface area (Å²) >= 11 is 0. The van der Waals surface area contributed by atoms with Gasteiger partial charge in [0.15, 0.2) is 0 Å². The molecule has 120 valence electrons. The monoisotopic (exact) mass is 311 g/mol. The topological polar surface area (TPSA) is 70.2 Å². The molecule has 0 atom stereocenters. The quantitative estimate of drug-likeness (QED) is 0.646. The fourth-order valence-electron chi connectivity index (χ4n) is 2.04. The van der Waals surface area contributed by atoms with Crippen molar-refractivity contribution >= 4 is 11.8 Å². The molecule has 0 saturated heterocycles. The summed E-state index contributed by atoms with van der Waals surface area (Å²) < 4.78 is 0. The molecule has 2 amide bonds. The van der Waals surface area contributed by atoms with Crippen molar-refractivity contribution in [1.29, 1.82) is 0 Å². The summed E-state index contributed by atoms with van der Waals surface area (Å²) in [6.07, 6.45) is 0. The van der Waals surface area contributed by atoms with E-state index in [0.29, 0.717) is 37.3 Å². The highest BCUT2D eigenvalue weighted by Gasteiger charge is 2.03. The first-order valence-corrected chi connectivity index (χ1v) is 7.64. The molecule has 0 aliphatic heterocycles. The van der Waals surface area contributed by atoms with Crippen LogP contribution in [0, 0.1) is 0 Å². The zero-order valence-corrected chi connectivity index (χ0v) is 12.9. The van der Waals surface area contributed by atoms with Crippen LogP contribution in [0.2, 0.25) is 0 Å². The predicted molar refractivity (Wildman–Crippen MR) is 90.4 cm³/mol. The highest BCUT2D eigenvalue weighted by Crippen LogP contribution is 1.97. The zero-order valence-electron chi connectivity index (χ0n) is 12.9. The van der Waals surface area contributed by atoms with Crippen LogP contribution in [-0.4, -0.2) is 38.0 Å². The van der Waals surface area contributed by atoms with E-state index >= 15 is 0 Å². The van der Waals surface area contributed by atoms with Crippen molar-refractivity contribution in [2.24, 2.45) is 0 Å². The summed E-state index contributed by atoms with van der Waals surface area (Å²) in [5.41, 5.74) is 1.31. The average Bonchev–Trinajstić information content (AvgIpc) is 2.62. The fraction of sp³-hybridized carbons (Fsp3) is 0.222. The highest BCUT2D eigenvalue weighted by atomic mass is 16.2. The van der Waals surface area contributed by atoms with Gasteiger partial charge in [-0.15, -0.1) is 0 Å². The molecule has 0 aliphatic rings. The van der Waals surface area contributed by atoms with Gasteiger partial charge in [-0.1, -0.05) is 36.4 Å².